The zero-order valence-electron chi connectivity index (χ0n) is 52.4. The summed E-state index contributed by atoms with van der Waals surface area (Å²) in [5.41, 5.74) is 0. The molecule has 0 fully saturated rings. The van der Waals surface area contributed by atoms with Gasteiger partial charge in [-0.2, -0.15) is 0 Å². The number of esters is 3. The van der Waals surface area contributed by atoms with Crippen LogP contribution in [0.4, 0.5) is 0 Å². The van der Waals surface area contributed by atoms with Crippen LogP contribution in [0.15, 0.2) is 85.1 Å². The molecule has 0 rings (SSSR count). The van der Waals surface area contributed by atoms with Crippen molar-refractivity contribution < 1.29 is 28.6 Å². The highest BCUT2D eigenvalue weighted by Crippen LogP contribution is 2.17. The summed E-state index contributed by atoms with van der Waals surface area (Å²) in [5, 5.41) is 0. The molecule has 0 radical (unpaired) electrons. The molecule has 0 bridgehead atoms. The Balaban J connectivity index is 4.16. The van der Waals surface area contributed by atoms with Gasteiger partial charge in [-0.15, -0.1) is 0 Å². The minimum atomic E-state index is -0.777. The van der Waals surface area contributed by atoms with Crippen molar-refractivity contribution in [2.45, 2.75) is 348 Å². The summed E-state index contributed by atoms with van der Waals surface area (Å²) in [4.78, 5) is 38.3. The highest BCUT2D eigenvalue weighted by atomic mass is 16.6. The molecule has 0 heterocycles. The lowest BCUT2D eigenvalue weighted by molar-refractivity contribution is -0.167. The van der Waals surface area contributed by atoms with Gasteiger partial charge in [0, 0.05) is 19.3 Å². The summed E-state index contributed by atoms with van der Waals surface area (Å²) >= 11 is 0. The Morgan fingerprint density at radius 3 is 0.797 bits per heavy atom. The number of unbranched alkanes of at least 4 members (excludes halogenated alkanes) is 37. The van der Waals surface area contributed by atoms with Gasteiger partial charge in [-0.1, -0.05) is 311 Å². The first-order valence-corrected chi connectivity index (χ1v) is 34.1. The summed E-state index contributed by atoms with van der Waals surface area (Å²) in [6.45, 7) is 6.54. The molecule has 0 aliphatic rings. The van der Waals surface area contributed by atoms with Gasteiger partial charge in [0.1, 0.15) is 13.2 Å². The molecular weight excluding hydrogens is 973 g/mol. The van der Waals surface area contributed by atoms with Gasteiger partial charge in [-0.05, 0) is 96.3 Å². The number of ether oxygens (including phenoxy) is 3. The molecule has 0 amide bonds. The molecule has 0 aliphatic heterocycles. The molecule has 6 nitrogen and oxygen atoms in total. The number of rotatable bonds is 62. The standard InChI is InChI=1S/C73H128O6/c1-4-7-10-13-16-19-22-25-27-28-29-30-31-32-33-34-35-36-37-38-39-40-41-42-43-44-46-48-51-54-57-60-63-66-72(75)78-69-70(68-77-71(74)65-62-59-56-53-50-47-24-21-18-15-12-9-6-3)79-73(76)67-64-61-58-55-52-49-45-26-23-20-17-14-11-8-5-2/h7,10,16,19,21,24-25,27,29-30,32-33,35-36,70H,4-6,8-9,11-15,17-18,20,22-23,26,28,31,34,37-69H2,1-3H3/b10-7-,19-16-,24-21-,27-25-,30-29-,33-32-,36-35-. The molecule has 79 heavy (non-hydrogen) atoms. The van der Waals surface area contributed by atoms with E-state index in [0.717, 1.165) is 103 Å². The van der Waals surface area contributed by atoms with Gasteiger partial charge in [0.15, 0.2) is 6.10 Å². The van der Waals surface area contributed by atoms with Crippen molar-refractivity contribution in [2.24, 2.45) is 0 Å². The predicted octanol–water partition coefficient (Wildman–Crippen LogP) is 23.4. The summed E-state index contributed by atoms with van der Waals surface area (Å²) in [5.74, 6) is -0.866. The minimum absolute atomic E-state index is 0.0744. The fourth-order valence-corrected chi connectivity index (χ4v) is 9.80. The maximum Gasteiger partial charge on any atom is 0.306 e. The summed E-state index contributed by atoms with van der Waals surface area (Å²) in [7, 11) is 0. The lowest BCUT2D eigenvalue weighted by Gasteiger charge is -2.18. The fraction of sp³-hybridized carbons (Fsp3) is 0.767. The van der Waals surface area contributed by atoms with E-state index < -0.39 is 6.10 Å². The van der Waals surface area contributed by atoms with E-state index in [-0.39, 0.29) is 31.1 Å². The summed E-state index contributed by atoms with van der Waals surface area (Å²) in [6.07, 6.45) is 88.9. The number of hydrogen-bond donors (Lipinski definition) is 0. The largest absolute Gasteiger partial charge is 0.462 e. The van der Waals surface area contributed by atoms with E-state index in [2.05, 4.69) is 106 Å². The first-order chi connectivity index (χ1) is 39.0. The van der Waals surface area contributed by atoms with E-state index in [9.17, 15) is 14.4 Å². The third-order valence-corrected chi connectivity index (χ3v) is 14.9. The number of carbonyl (C=O) groups is 3. The monoisotopic (exact) mass is 1100 g/mol. The van der Waals surface area contributed by atoms with Gasteiger partial charge < -0.3 is 14.2 Å². The van der Waals surface area contributed by atoms with Crippen molar-refractivity contribution in [1.29, 1.82) is 0 Å². The van der Waals surface area contributed by atoms with Crippen LogP contribution in [0, 0.1) is 0 Å². The Hall–Kier alpha value is -3.41. The summed E-state index contributed by atoms with van der Waals surface area (Å²) in [6, 6.07) is 0. The van der Waals surface area contributed by atoms with E-state index in [4.69, 9.17) is 14.2 Å². The van der Waals surface area contributed by atoms with Gasteiger partial charge in [0.25, 0.3) is 0 Å². The molecule has 1 unspecified atom stereocenters. The Labute approximate surface area is 490 Å². The molecule has 0 aromatic rings. The van der Waals surface area contributed by atoms with Gasteiger partial charge in [-0.3, -0.25) is 14.4 Å². The Morgan fingerprint density at radius 1 is 0.266 bits per heavy atom. The predicted molar refractivity (Wildman–Crippen MR) is 344 cm³/mol. The van der Waals surface area contributed by atoms with E-state index in [1.165, 1.54) is 199 Å². The van der Waals surface area contributed by atoms with Gasteiger partial charge in [-0.25, -0.2) is 0 Å². The molecule has 0 saturated carbocycles. The van der Waals surface area contributed by atoms with E-state index >= 15 is 0 Å². The van der Waals surface area contributed by atoms with Crippen LogP contribution in [0.1, 0.15) is 342 Å². The fourth-order valence-electron chi connectivity index (χ4n) is 9.80. The molecule has 0 aromatic carbocycles. The maximum absolute atomic E-state index is 12.9. The molecule has 0 aliphatic carbocycles. The van der Waals surface area contributed by atoms with E-state index in [1.807, 2.05) is 0 Å². The lowest BCUT2D eigenvalue weighted by Crippen LogP contribution is -2.30. The average molecular weight is 1100 g/mol. The lowest BCUT2D eigenvalue weighted by atomic mass is 10.0. The van der Waals surface area contributed by atoms with Crippen LogP contribution in [0.2, 0.25) is 0 Å². The second kappa shape index (κ2) is 67.1. The number of hydrogen-bond acceptors (Lipinski definition) is 6. The first-order valence-electron chi connectivity index (χ1n) is 34.1. The van der Waals surface area contributed by atoms with Crippen LogP contribution in [0.25, 0.3) is 0 Å². The molecule has 1 atom stereocenters. The van der Waals surface area contributed by atoms with Crippen molar-refractivity contribution in [1.82, 2.24) is 0 Å². The first kappa shape index (κ1) is 75.6. The quantitative estimate of drug-likeness (QED) is 0.0261. The maximum atomic E-state index is 12.9. The topological polar surface area (TPSA) is 78.9 Å². The zero-order valence-corrected chi connectivity index (χ0v) is 52.4. The molecule has 456 valence electrons. The van der Waals surface area contributed by atoms with Crippen molar-refractivity contribution in [2.75, 3.05) is 13.2 Å². The minimum Gasteiger partial charge on any atom is -0.462 e. The van der Waals surface area contributed by atoms with Crippen LogP contribution in [-0.4, -0.2) is 37.2 Å². The van der Waals surface area contributed by atoms with Crippen molar-refractivity contribution in [3.05, 3.63) is 85.1 Å². The van der Waals surface area contributed by atoms with Crippen molar-refractivity contribution in [3.63, 3.8) is 0 Å². The normalized spacial score (nSPS) is 12.6. The van der Waals surface area contributed by atoms with Crippen LogP contribution < -0.4 is 0 Å². The zero-order chi connectivity index (χ0) is 57.1. The molecule has 6 heteroatoms. The van der Waals surface area contributed by atoms with Crippen molar-refractivity contribution in [3.8, 4) is 0 Å². The highest BCUT2D eigenvalue weighted by Gasteiger charge is 2.19. The third kappa shape index (κ3) is 65.3. The van der Waals surface area contributed by atoms with Crippen molar-refractivity contribution >= 4 is 17.9 Å². The second-order valence-electron chi connectivity index (χ2n) is 22.7. The molecule has 0 spiro atoms. The van der Waals surface area contributed by atoms with Crippen LogP contribution in [-0.2, 0) is 28.6 Å². The Bertz CT molecular complexity index is 1500. The molecule has 0 saturated heterocycles. The van der Waals surface area contributed by atoms with Gasteiger partial charge in [0.2, 0.25) is 0 Å². The Kier molecular flexibility index (Phi) is 64.2. The highest BCUT2D eigenvalue weighted by molar-refractivity contribution is 5.71. The number of carbonyl (C=O) groups excluding carboxylic acids is 3. The SMILES string of the molecule is CC/C=C\C/C=C\C/C=C\C/C=C\C/C=C\C/C=C\CCCCCCCCCCCCCCCCC(=O)OCC(COC(=O)CCCCCCC/C=C\CCCCCC)OC(=O)CCCCCCCCCCCCCCCCC. The third-order valence-electron chi connectivity index (χ3n) is 14.9. The van der Waals surface area contributed by atoms with E-state index in [0.29, 0.717) is 19.3 Å². The molecule has 0 N–H and O–H groups in total. The van der Waals surface area contributed by atoms with Gasteiger partial charge in [0.05, 0.1) is 0 Å². The average Bonchev–Trinajstić information content (AvgIpc) is 3.45. The van der Waals surface area contributed by atoms with Crippen LogP contribution in [0.3, 0.4) is 0 Å². The van der Waals surface area contributed by atoms with Crippen LogP contribution >= 0.6 is 0 Å². The Morgan fingerprint density at radius 2 is 0.494 bits per heavy atom. The number of allylic oxidation sites excluding steroid dienone is 14. The van der Waals surface area contributed by atoms with Gasteiger partial charge >= 0.3 is 17.9 Å². The van der Waals surface area contributed by atoms with E-state index in [1.54, 1.807) is 0 Å². The molecular formula is C73H128O6. The second-order valence-corrected chi connectivity index (χ2v) is 22.7. The van der Waals surface area contributed by atoms with Crippen LogP contribution in [0.5, 0.6) is 0 Å². The summed E-state index contributed by atoms with van der Waals surface area (Å²) < 4.78 is 16.9. The smallest absolute Gasteiger partial charge is 0.306 e. The molecule has 0 aromatic heterocycles.